The minimum absolute atomic E-state index is 0.525. The van der Waals surface area contributed by atoms with Gasteiger partial charge >= 0.3 is 0 Å². The van der Waals surface area contributed by atoms with Gasteiger partial charge in [0.15, 0.2) is 0 Å². The van der Waals surface area contributed by atoms with E-state index in [1.54, 1.807) is 7.11 Å². The Bertz CT molecular complexity index is 256. The van der Waals surface area contributed by atoms with E-state index < -0.39 is 0 Å². The van der Waals surface area contributed by atoms with Gasteiger partial charge in [-0.1, -0.05) is 26.2 Å². The van der Waals surface area contributed by atoms with Gasteiger partial charge < -0.3 is 15.0 Å². The first kappa shape index (κ1) is 16.3. The first-order valence-corrected chi connectivity index (χ1v) is 8.66. The van der Waals surface area contributed by atoms with Crippen LogP contribution in [0.5, 0.6) is 0 Å². The van der Waals surface area contributed by atoms with Crippen molar-refractivity contribution in [2.75, 3.05) is 46.4 Å². The second-order valence-electron chi connectivity index (χ2n) is 7.19. The summed E-state index contributed by atoms with van der Waals surface area (Å²) in [5.41, 5.74) is 0.525. The molecule has 1 aliphatic heterocycles. The molecule has 0 aromatic heterocycles. The van der Waals surface area contributed by atoms with Crippen LogP contribution in [0.15, 0.2) is 0 Å². The van der Waals surface area contributed by atoms with Gasteiger partial charge in [0, 0.05) is 26.7 Å². The summed E-state index contributed by atoms with van der Waals surface area (Å²) < 4.78 is 5.16. The number of ether oxygens (including phenoxy) is 1. The highest BCUT2D eigenvalue weighted by Crippen LogP contribution is 2.39. The number of methoxy groups -OCH3 is 1. The van der Waals surface area contributed by atoms with E-state index in [-0.39, 0.29) is 0 Å². The standard InChI is InChI=1S/C17H34N2O/c1-16-6-8-17(9-7-16,14-18-10-13-20-2)15-19-11-4-3-5-12-19/h16,18H,3-15H2,1-2H3. The van der Waals surface area contributed by atoms with Crippen molar-refractivity contribution in [3.63, 3.8) is 0 Å². The number of likely N-dealkylation sites (tertiary alicyclic amines) is 1. The monoisotopic (exact) mass is 282 g/mol. The van der Waals surface area contributed by atoms with Crippen LogP contribution in [0.25, 0.3) is 0 Å². The average molecular weight is 282 g/mol. The number of nitrogens with zero attached hydrogens (tertiary/aromatic N) is 1. The van der Waals surface area contributed by atoms with Crippen LogP contribution >= 0.6 is 0 Å². The van der Waals surface area contributed by atoms with Crippen molar-refractivity contribution >= 4 is 0 Å². The summed E-state index contributed by atoms with van der Waals surface area (Å²) in [6, 6.07) is 0. The fourth-order valence-corrected chi connectivity index (χ4v) is 3.88. The van der Waals surface area contributed by atoms with Crippen LogP contribution < -0.4 is 5.32 Å². The largest absolute Gasteiger partial charge is 0.383 e. The quantitative estimate of drug-likeness (QED) is 0.727. The van der Waals surface area contributed by atoms with E-state index in [4.69, 9.17) is 4.74 Å². The van der Waals surface area contributed by atoms with E-state index in [0.29, 0.717) is 5.41 Å². The Balaban J connectivity index is 1.85. The highest BCUT2D eigenvalue weighted by atomic mass is 16.5. The van der Waals surface area contributed by atoms with Gasteiger partial charge in [-0.05, 0) is 50.1 Å². The highest BCUT2D eigenvalue weighted by Gasteiger charge is 2.35. The second-order valence-corrected chi connectivity index (χ2v) is 7.19. The molecule has 2 aliphatic rings. The summed E-state index contributed by atoms with van der Waals surface area (Å²) in [6.07, 6.45) is 9.90. The fourth-order valence-electron chi connectivity index (χ4n) is 3.88. The zero-order chi connectivity index (χ0) is 14.3. The second kappa shape index (κ2) is 8.35. The molecule has 0 radical (unpaired) electrons. The normalized spacial score (nSPS) is 32.4. The number of piperidine rings is 1. The van der Waals surface area contributed by atoms with E-state index in [1.807, 2.05) is 0 Å². The third kappa shape index (κ3) is 5.01. The van der Waals surface area contributed by atoms with E-state index in [9.17, 15) is 0 Å². The molecular formula is C17H34N2O. The minimum atomic E-state index is 0.525. The lowest BCUT2D eigenvalue weighted by atomic mass is 9.70. The molecule has 1 N–H and O–H groups in total. The summed E-state index contributed by atoms with van der Waals surface area (Å²) in [6.45, 7) is 9.40. The average Bonchev–Trinajstić information content (AvgIpc) is 2.48. The van der Waals surface area contributed by atoms with Crippen LogP contribution in [0.2, 0.25) is 0 Å². The Labute approximate surface area is 125 Å². The molecule has 1 saturated carbocycles. The first-order chi connectivity index (χ1) is 9.74. The summed E-state index contributed by atoms with van der Waals surface area (Å²) in [4.78, 5) is 2.73. The number of hydrogen-bond donors (Lipinski definition) is 1. The molecule has 1 aliphatic carbocycles. The molecule has 3 heteroatoms. The lowest BCUT2D eigenvalue weighted by Crippen LogP contribution is -2.47. The molecule has 0 spiro atoms. The highest BCUT2D eigenvalue weighted by molar-refractivity contribution is 4.90. The van der Waals surface area contributed by atoms with Gasteiger partial charge in [-0.15, -0.1) is 0 Å². The van der Waals surface area contributed by atoms with Gasteiger partial charge in [0.2, 0.25) is 0 Å². The van der Waals surface area contributed by atoms with Crippen LogP contribution in [-0.2, 0) is 4.74 Å². The molecule has 0 aromatic carbocycles. The van der Waals surface area contributed by atoms with Crippen molar-refractivity contribution in [1.29, 1.82) is 0 Å². The van der Waals surface area contributed by atoms with E-state index in [1.165, 1.54) is 71.1 Å². The van der Waals surface area contributed by atoms with Crippen molar-refractivity contribution in [3.8, 4) is 0 Å². The van der Waals surface area contributed by atoms with Gasteiger partial charge in [-0.2, -0.15) is 0 Å². The van der Waals surface area contributed by atoms with E-state index in [0.717, 1.165) is 19.1 Å². The number of hydrogen-bond acceptors (Lipinski definition) is 3. The SMILES string of the molecule is COCCNCC1(CN2CCCCC2)CCC(C)CC1. The Kier molecular flexibility index (Phi) is 6.79. The third-order valence-corrected chi connectivity index (χ3v) is 5.33. The first-order valence-electron chi connectivity index (χ1n) is 8.66. The predicted molar refractivity (Wildman–Crippen MR) is 85.1 cm³/mol. The van der Waals surface area contributed by atoms with E-state index >= 15 is 0 Å². The molecule has 0 amide bonds. The maximum atomic E-state index is 5.16. The maximum absolute atomic E-state index is 5.16. The minimum Gasteiger partial charge on any atom is -0.383 e. The Morgan fingerprint density at radius 2 is 1.85 bits per heavy atom. The zero-order valence-electron chi connectivity index (χ0n) is 13.6. The van der Waals surface area contributed by atoms with Crippen LogP contribution in [0, 0.1) is 11.3 Å². The van der Waals surface area contributed by atoms with Gasteiger partial charge in [0.25, 0.3) is 0 Å². The van der Waals surface area contributed by atoms with Crippen molar-refractivity contribution in [2.24, 2.45) is 11.3 Å². The lowest BCUT2D eigenvalue weighted by Gasteiger charge is -2.44. The molecule has 3 nitrogen and oxygen atoms in total. The molecule has 118 valence electrons. The molecule has 0 atom stereocenters. The summed E-state index contributed by atoms with van der Waals surface area (Å²) >= 11 is 0. The van der Waals surface area contributed by atoms with Crippen molar-refractivity contribution in [3.05, 3.63) is 0 Å². The summed E-state index contributed by atoms with van der Waals surface area (Å²) in [5.74, 6) is 0.934. The van der Waals surface area contributed by atoms with Crippen LogP contribution in [0.1, 0.15) is 51.9 Å². The topological polar surface area (TPSA) is 24.5 Å². The van der Waals surface area contributed by atoms with Crippen LogP contribution in [-0.4, -0.2) is 51.3 Å². The fraction of sp³-hybridized carbons (Fsp3) is 1.00. The molecule has 2 rings (SSSR count). The molecule has 1 heterocycles. The smallest absolute Gasteiger partial charge is 0.0587 e. The molecule has 0 bridgehead atoms. The van der Waals surface area contributed by atoms with E-state index in [2.05, 4.69) is 17.1 Å². The molecule has 0 aromatic rings. The van der Waals surface area contributed by atoms with Gasteiger partial charge in [0.1, 0.15) is 0 Å². The lowest BCUT2D eigenvalue weighted by molar-refractivity contribution is 0.0742. The van der Waals surface area contributed by atoms with Crippen molar-refractivity contribution in [2.45, 2.75) is 51.9 Å². The van der Waals surface area contributed by atoms with Gasteiger partial charge in [0.05, 0.1) is 6.61 Å². The van der Waals surface area contributed by atoms with Gasteiger partial charge in [-0.25, -0.2) is 0 Å². The Morgan fingerprint density at radius 3 is 2.50 bits per heavy atom. The summed E-state index contributed by atoms with van der Waals surface area (Å²) in [5, 5.41) is 3.65. The molecule has 2 fully saturated rings. The molecule has 0 unspecified atom stereocenters. The predicted octanol–water partition coefficient (Wildman–Crippen LogP) is 2.90. The van der Waals surface area contributed by atoms with Crippen LogP contribution in [0.3, 0.4) is 0 Å². The summed E-state index contributed by atoms with van der Waals surface area (Å²) in [7, 11) is 1.79. The van der Waals surface area contributed by atoms with Gasteiger partial charge in [-0.3, -0.25) is 0 Å². The Hall–Kier alpha value is -0.120. The van der Waals surface area contributed by atoms with Crippen molar-refractivity contribution in [1.82, 2.24) is 10.2 Å². The van der Waals surface area contributed by atoms with Crippen LogP contribution in [0.4, 0.5) is 0 Å². The molecule has 20 heavy (non-hydrogen) atoms. The molecule has 1 saturated heterocycles. The van der Waals surface area contributed by atoms with Crippen molar-refractivity contribution < 1.29 is 4.74 Å². The third-order valence-electron chi connectivity index (χ3n) is 5.33. The maximum Gasteiger partial charge on any atom is 0.0587 e. The Morgan fingerprint density at radius 1 is 1.15 bits per heavy atom. The zero-order valence-corrected chi connectivity index (χ0v) is 13.6. The number of rotatable bonds is 7. The molecular weight excluding hydrogens is 248 g/mol. The number of nitrogens with one attached hydrogen (secondary N) is 1.